The molecule has 2 fully saturated rings. The summed E-state index contributed by atoms with van der Waals surface area (Å²) in [6.07, 6.45) is 6.34. The SMILES string of the molecule is [C-]#[N+]c1cccc(-c2ccc3[nH]c4ncnc(NC5CCC(N6CCOCC6)CC5)c4c3c2)c1. The first kappa shape index (κ1) is 21.1. The summed E-state index contributed by atoms with van der Waals surface area (Å²) in [6.45, 7) is 11.2. The summed E-state index contributed by atoms with van der Waals surface area (Å²) in [5.74, 6) is 0.901. The van der Waals surface area contributed by atoms with Crippen LogP contribution in [0.25, 0.3) is 37.9 Å². The standard InChI is InChI=1S/C27H28N6O/c1-28-21-4-2-3-18(15-21)19-5-10-24-23(16-19)25-26(29-17-30-27(25)32-24)31-20-6-8-22(9-7-20)33-11-13-34-14-12-33/h2-5,10,15-17,20,22H,6-9,11-14H2,(H2,29,30,31,32). The summed E-state index contributed by atoms with van der Waals surface area (Å²) in [7, 11) is 0. The lowest BCUT2D eigenvalue weighted by atomic mass is 9.90. The van der Waals surface area contributed by atoms with E-state index in [9.17, 15) is 0 Å². The summed E-state index contributed by atoms with van der Waals surface area (Å²) in [6, 6.07) is 15.2. The van der Waals surface area contributed by atoms with Gasteiger partial charge in [0.2, 0.25) is 0 Å². The van der Waals surface area contributed by atoms with Crippen LogP contribution in [0.2, 0.25) is 0 Å². The quantitative estimate of drug-likeness (QED) is 0.407. The molecule has 2 aliphatic rings. The van der Waals surface area contributed by atoms with E-state index in [-0.39, 0.29) is 0 Å². The average molecular weight is 453 g/mol. The van der Waals surface area contributed by atoms with Crippen LogP contribution in [-0.2, 0) is 4.74 Å². The lowest BCUT2D eigenvalue weighted by Gasteiger charge is -2.39. The third-order valence-electron chi connectivity index (χ3n) is 7.30. The number of nitrogens with one attached hydrogen (secondary N) is 2. The van der Waals surface area contributed by atoms with Gasteiger partial charge in [0, 0.05) is 36.1 Å². The Bertz CT molecular complexity index is 1360. The van der Waals surface area contributed by atoms with Crippen LogP contribution in [0.3, 0.4) is 0 Å². The smallest absolute Gasteiger partial charge is 0.187 e. The molecule has 3 heterocycles. The lowest BCUT2D eigenvalue weighted by molar-refractivity contribution is 0.00791. The van der Waals surface area contributed by atoms with Crippen LogP contribution in [0.1, 0.15) is 25.7 Å². The first-order valence-electron chi connectivity index (χ1n) is 12.1. The number of nitrogens with zero attached hydrogens (tertiary/aromatic N) is 4. The van der Waals surface area contributed by atoms with Gasteiger partial charge in [0.15, 0.2) is 5.69 Å². The molecule has 2 aromatic carbocycles. The van der Waals surface area contributed by atoms with E-state index in [1.165, 1.54) is 12.8 Å². The molecule has 0 bridgehead atoms. The van der Waals surface area contributed by atoms with Gasteiger partial charge in [0.05, 0.1) is 25.2 Å². The van der Waals surface area contributed by atoms with Gasteiger partial charge < -0.3 is 15.0 Å². The minimum atomic E-state index is 0.416. The molecule has 1 saturated heterocycles. The zero-order valence-electron chi connectivity index (χ0n) is 19.1. The Hall–Kier alpha value is -3.47. The van der Waals surface area contributed by atoms with Crippen LogP contribution in [0.15, 0.2) is 48.8 Å². The molecular weight excluding hydrogens is 424 g/mol. The normalized spacial score (nSPS) is 21.5. The zero-order valence-corrected chi connectivity index (χ0v) is 19.1. The Morgan fingerprint density at radius 1 is 1.00 bits per heavy atom. The molecule has 2 aromatic heterocycles. The van der Waals surface area contributed by atoms with Crippen LogP contribution in [0.4, 0.5) is 11.5 Å². The number of hydrogen-bond acceptors (Lipinski definition) is 5. The van der Waals surface area contributed by atoms with Gasteiger partial charge in [0.1, 0.15) is 17.8 Å². The summed E-state index contributed by atoms with van der Waals surface area (Å²) in [5, 5.41) is 5.89. The van der Waals surface area contributed by atoms with E-state index in [0.717, 1.165) is 78.0 Å². The molecule has 0 unspecified atom stereocenters. The van der Waals surface area contributed by atoms with Crippen molar-refractivity contribution in [3.8, 4) is 11.1 Å². The summed E-state index contributed by atoms with van der Waals surface area (Å²) in [5.41, 5.74) is 4.66. The van der Waals surface area contributed by atoms with Gasteiger partial charge in [-0.15, -0.1) is 0 Å². The van der Waals surface area contributed by atoms with Crippen molar-refractivity contribution in [1.29, 1.82) is 0 Å². The highest BCUT2D eigenvalue weighted by Crippen LogP contribution is 2.35. The van der Waals surface area contributed by atoms with Crippen molar-refractivity contribution in [2.45, 2.75) is 37.8 Å². The van der Waals surface area contributed by atoms with Crippen molar-refractivity contribution in [2.24, 2.45) is 0 Å². The molecule has 4 aromatic rings. The number of ether oxygens (including phenoxy) is 1. The number of hydrogen-bond donors (Lipinski definition) is 2. The number of aromatic amines is 1. The molecule has 1 aliphatic heterocycles. The van der Waals surface area contributed by atoms with Crippen molar-refractivity contribution in [3.05, 3.63) is 60.2 Å². The Morgan fingerprint density at radius 2 is 1.82 bits per heavy atom. The Labute approximate surface area is 199 Å². The molecule has 2 N–H and O–H groups in total. The van der Waals surface area contributed by atoms with Crippen molar-refractivity contribution in [1.82, 2.24) is 19.9 Å². The van der Waals surface area contributed by atoms with Gasteiger partial charge in [-0.2, -0.15) is 0 Å². The number of anilines is 1. The molecule has 7 heteroatoms. The van der Waals surface area contributed by atoms with E-state index in [0.29, 0.717) is 17.8 Å². The minimum absolute atomic E-state index is 0.416. The molecule has 34 heavy (non-hydrogen) atoms. The highest BCUT2D eigenvalue weighted by Gasteiger charge is 2.27. The van der Waals surface area contributed by atoms with Gasteiger partial charge in [-0.3, -0.25) is 4.90 Å². The second kappa shape index (κ2) is 9.05. The Balaban J connectivity index is 1.27. The van der Waals surface area contributed by atoms with E-state index >= 15 is 0 Å². The van der Waals surface area contributed by atoms with Crippen LogP contribution in [0, 0.1) is 6.57 Å². The Morgan fingerprint density at radius 3 is 2.65 bits per heavy atom. The summed E-state index contributed by atoms with van der Waals surface area (Å²) in [4.78, 5) is 18.8. The number of H-pyrrole nitrogens is 1. The van der Waals surface area contributed by atoms with Crippen molar-refractivity contribution in [3.63, 3.8) is 0 Å². The largest absolute Gasteiger partial charge is 0.379 e. The summed E-state index contributed by atoms with van der Waals surface area (Å²) < 4.78 is 5.52. The third kappa shape index (κ3) is 4.00. The molecule has 0 radical (unpaired) electrons. The van der Waals surface area contributed by atoms with E-state index in [1.54, 1.807) is 6.33 Å². The third-order valence-corrected chi connectivity index (χ3v) is 7.30. The highest BCUT2D eigenvalue weighted by atomic mass is 16.5. The fourth-order valence-corrected chi connectivity index (χ4v) is 5.49. The van der Waals surface area contributed by atoms with Crippen molar-refractivity contribution < 1.29 is 4.74 Å². The first-order chi connectivity index (χ1) is 16.8. The molecular formula is C27H28N6O. The Kier molecular flexibility index (Phi) is 5.61. The number of benzene rings is 2. The van der Waals surface area contributed by atoms with E-state index in [4.69, 9.17) is 11.3 Å². The molecule has 0 amide bonds. The van der Waals surface area contributed by atoms with Gasteiger partial charge >= 0.3 is 0 Å². The molecule has 1 aliphatic carbocycles. The lowest BCUT2D eigenvalue weighted by Crippen LogP contribution is -2.46. The van der Waals surface area contributed by atoms with Gasteiger partial charge in [-0.1, -0.05) is 24.3 Å². The number of morpholine rings is 1. The molecule has 0 spiro atoms. The maximum absolute atomic E-state index is 7.33. The van der Waals surface area contributed by atoms with E-state index in [2.05, 4.69) is 48.2 Å². The van der Waals surface area contributed by atoms with Crippen LogP contribution < -0.4 is 5.32 Å². The number of rotatable bonds is 4. The van der Waals surface area contributed by atoms with Gasteiger partial charge in [-0.05, 0) is 55.0 Å². The second-order valence-corrected chi connectivity index (χ2v) is 9.29. The average Bonchev–Trinajstić information content (AvgIpc) is 3.28. The maximum Gasteiger partial charge on any atom is 0.187 e. The monoisotopic (exact) mass is 452 g/mol. The van der Waals surface area contributed by atoms with Gasteiger partial charge in [-0.25, -0.2) is 14.8 Å². The fourth-order valence-electron chi connectivity index (χ4n) is 5.49. The second-order valence-electron chi connectivity index (χ2n) is 9.29. The molecule has 6 rings (SSSR count). The van der Waals surface area contributed by atoms with E-state index < -0.39 is 0 Å². The predicted molar refractivity (Wildman–Crippen MR) is 135 cm³/mol. The number of aromatic nitrogens is 3. The van der Waals surface area contributed by atoms with E-state index in [1.807, 2.05) is 24.3 Å². The number of fused-ring (bicyclic) bond motifs is 3. The van der Waals surface area contributed by atoms with Gasteiger partial charge in [0.25, 0.3) is 0 Å². The van der Waals surface area contributed by atoms with Crippen molar-refractivity contribution >= 4 is 33.4 Å². The topological polar surface area (TPSA) is 70.4 Å². The predicted octanol–water partition coefficient (Wildman–Crippen LogP) is 5.38. The first-order valence-corrected chi connectivity index (χ1v) is 12.1. The van der Waals surface area contributed by atoms with Crippen molar-refractivity contribution in [2.75, 3.05) is 31.6 Å². The zero-order chi connectivity index (χ0) is 22.9. The minimum Gasteiger partial charge on any atom is -0.379 e. The fraction of sp³-hybridized carbons (Fsp3) is 0.370. The van der Waals surface area contributed by atoms with Crippen LogP contribution >= 0.6 is 0 Å². The maximum atomic E-state index is 7.33. The molecule has 0 atom stereocenters. The van der Waals surface area contributed by atoms with Crippen LogP contribution in [-0.4, -0.2) is 58.2 Å². The molecule has 172 valence electrons. The van der Waals surface area contributed by atoms with Crippen LogP contribution in [0.5, 0.6) is 0 Å². The highest BCUT2D eigenvalue weighted by molar-refractivity contribution is 6.12. The molecule has 7 nitrogen and oxygen atoms in total. The molecule has 1 saturated carbocycles. The summed E-state index contributed by atoms with van der Waals surface area (Å²) >= 11 is 0.